The van der Waals surface area contributed by atoms with Gasteiger partial charge in [0.15, 0.2) is 0 Å². The number of hydrogen-bond donors (Lipinski definition) is 1. The fourth-order valence-electron chi connectivity index (χ4n) is 1.49. The van der Waals surface area contributed by atoms with Crippen LogP contribution in [0.4, 0.5) is 4.39 Å². The molecule has 0 spiro atoms. The Morgan fingerprint density at radius 2 is 2.36 bits per heavy atom. The first-order valence-electron chi connectivity index (χ1n) is 4.81. The Labute approximate surface area is 84.6 Å². The molecule has 0 aliphatic carbocycles. The molecule has 0 bridgehead atoms. The minimum Gasteiger partial charge on any atom is -0.313 e. The summed E-state index contributed by atoms with van der Waals surface area (Å²) in [5, 5.41) is 3.17. The summed E-state index contributed by atoms with van der Waals surface area (Å²) < 4.78 is 12.9. The Bertz CT molecular complexity index is 296. The fourth-order valence-corrected chi connectivity index (χ4v) is 1.49. The van der Waals surface area contributed by atoms with E-state index >= 15 is 0 Å². The van der Waals surface area contributed by atoms with Crippen molar-refractivity contribution in [2.45, 2.75) is 18.9 Å². The van der Waals surface area contributed by atoms with E-state index in [0.29, 0.717) is 0 Å². The molecule has 1 rings (SSSR count). The zero-order valence-corrected chi connectivity index (χ0v) is 8.46. The van der Waals surface area contributed by atoms with Gasteiger partial charge < -0.3 is 5.32 Å². The maximum Gasteiger partial charge on any atom is 0.123 e. The molecular formula is C12H16FN. The molecule has 1 unspecified atom stereocenters. The number of nitrogens with one attached hydrogen (secondary N) is 1. The van der Waals surface area contributed by atoms with Crippen LogP contribution < -0.4 is 5.32 Å². The summed E-state index contributed by atoms with van der Waals surface area (Å²) in [6.07, 6.45) is 3.76. The number of hydrogen-bond acceptors (Lipinski definition) is 1. The van der Waals surface area contributed by atoms with E-state index in [1.165, 1.54) is 6.07 Å². The number of halogens is 1. The van der Waals surface area contributed by atoms with Crippen molar-refractivity contribution in [2.24, 2.45) is 0 Å². The summed E-state index contributed by atoms with van der Waals surface area (Å²) in [5.41, 5.74) is 0.995. The second-order valence-electron chi connectivity index (χ2n) is 3.26. The lowest BCUT2D eigenvalue weighted by Gasteiger charge is -2.15. The number of allylic oxidation sites excluding steroid dienone is 1. The zero-order valence-electron chi connectivity index (χ0n) is 8.46. The van der Waals surface area contributed by atoms with Crippen molar-refractivity contribution in [1.82, 2.24) is 5.32 Å². The number of rotatable bonds is 5. The van der Waals surface area contributed by atoms with Crippen molar-refractivity contribution in [3.8, 4) is 0 Å². The van der Waals surface area contributed by atoms with Gasteiger partial charge in [-0.1, -0.05) is 18.2 Å². The fraction of sp³-hybridized carbons (Fsp3) is 0.333. The van der Waals surface area contributed by atoms with Gasteiger partial charge in [-0.15, -0.1) is 6.58 Å². The van der Waals surface area contributed by atoms with Crippen LogP contribution >= 0.6 is 0 Å². The highest BCUT2D eigenvalue weighted by atomic mass is 19.1. The van der Waals surface area contributed by atoms with Gasteiger partial charge in [0.05, 0.1) is 0 Å². The quantitative estimate of drug-likeness (QED) is 0.709. The minimum atomic E-state index is -0.179. The van der Waals surface area contributed by atoms with Gasteiger partial charge in [-0.05, 0) is 37.6 Å². The van der Waals surface area contributed by atoms with E-state index in [0.717, 1.165) is 18.4 Å². The lowest BCUT2D eigenvalue weighted by Crippen LogP contribution is -2.16. The Balaban J connectivity index is 2.72. The van der Waals surface area contributed by atoms with Crippen molar-refractivity contribution < 1.29 is 4.39 Å². The topological polar surface area (TPSA) is 12.0 Å². The second kappa shape index (κ2) is 5.55. The Kier molecular flexibility index (Phi) is 4.33. The van der Waals surface area contributed by atoms with E-state index < -0.39 is 0 Å². The molecule has 0 fully saturated rings. The molecule has 1 nitrogen and oxygen atoms in total. The Morgan fingerprint density at radius 3 is 2.93 bits per heavy atom. The summed E-state index contributed by atoms with van der Waals surface area (Å²) in [4.78, 5) is 0. The van der Waals surface area contributed by atoms with Gasteiger partial charge in [-0.2, -0.15) is 0 Å². The molecule has 14 heavy (non-hydrogen) atoms. The predicted molar refractivity (Wildman–Crippen MR) is 57.6 cm³/mol. The van der Waals surface area contributed by atoms with Gasteiger partial charge in [0.2, 0.25) is 0 Å². The molecular weight excluding hydrogens is 177 g/mol. The van der Waals surface area contributed by atoms with Crippen molar-refractivity contribution in [3.05, 3.63) is 48.3 Å². The first-order chi connectivity index (χ1) is 6.77. The predicted octanol–water partition coefficient (Wildman–Crippen LogP) is 3.05. The maximum absolute atomic E-state index is 12.9. The highest BCUT2D eigenvalue weighted by Gasteiger charge is 2.07. The van der Waals surface area contributed by atoms with Crippen LogP contribution in [0.5, 0.6) is 0 Å². The highest BCUT2D eigenvalue weighted by molar-refractivity contribution is 5.20. The second-order valence-corrected chi connectivity index (χ2v) is 3.26. The van der Waals surface area contributed by atoms with E-state index in [9.17, 15) is 4.39 Å². The van der Waals surface area contributed by atoms with Crippen LogP contribution in [-0.4, -0.2) is 7.05 Å². The third-order valence-corrected chi connectivity index (χ3v) is 2.26. The molecule has 0 saturated carbocycles. The third-order valence-electron chi connectivity index (χ3n) is 2.26. The van der Waals surface area contributed by atoms with E-state index in [-0.39, 0.29) is 11.9 Å². The maximum atomic E-state index is 12.9. The summed E-state index contributed by atoms with van der Waals surface area (Å²) >= 11 is 0. The van der Waals surface area contributed by atoms with Gasteiger partial charge in [-0.25, -0.2) is 4.39 Å². The molecule has 0 radical (unpaired) electrons. The van der Waals surface area contributed by atoms with Crippen LogP contribution in [0.15, 0.2) is 36.9 Å². The molecule has 0 aliphatic rings. The molecule has 0 amide bonds. The van der Waals surface area contributed by atoms with Gasteiger partial charge in [0.25, 0.3) is 0 Å². The van der Waals surface area contributed by atoms with Crippen molar-refractivity contribution in [1.29, 1.82) is 0 Å². The summed E-state index contributed by atoms with van der Waals surface area (Å²) in [6, 6.07) is 6.92. The molecule has 1 atom stereocenters. The molecule has 0 aromatic heterocycles. The average Bonchev–Trinajstić information content (AvgIpc) is 2.19. The van der Waals surface area contributed by atoms with Gasteiger partial charge >= 0.3 is 0 Å². The molecule has 76 valence electrons. The summed E-state index contributed by atoms with van der Waals surface area (Å²) in [5.74, 6) is -0.179. The Morgan fingerprint density at radius 1 is 1.57 bits per heavy atom. The molecule has 1 N–H and O–H groups in total. The first-order valence-corrected chi connectivity index (χ1v) is 4.81. The van der Waals surface area contributed by atoms with Crippen molar-refractivity contribution in [2.75, 3.05) is 7.05 Å². The van der Waals surface area contributed by atoms with Crippen LogP contribution in [0.1, 0.15) is 24.4 Å². The standard InChI is InChI=1S/C12H16FN/c1-3-4-8-12(14-2)10-6-5-7-11(13)9-10/h3,5-7,9,12,14H,1,4,8H2,2H3. The van der Waals surface area contributed by atoms with Gasteiger partial charge in [-0.3, -0.25) is 0 Å². The Hall–Kier alpha value is -1.15. The molecule has 0 aliphatic heterocycles. The zero-order chi connectivity index (χ0) is 10.4. The molecule has 2 heteroatoms. The van der Waals surface area contributed by atoms with E-state index in [1.54, 1.807) is 12.1 Å². The lowest BCUT2D eigenvalue weighted by molar-refractivity contribution is 0.547. The summed E-state index contributed by atoms with van der Waals surface area (Å²) in [6.45, 7) is 3.68. The van der Waals surface area contributed by atoms with Crippen LogP contribution in [0.2, 0.25) is 0 Å². The van der Waals surface area contributed by atoms with E-state index in [1.807, 2.05) is 19.2 Å². The number of benzene rings is 1. The normalized spacial score (nSPS) is 12.4. The lowest BCUT2D eigenvalue weighted by atomic mass is 10.0. The largest absolute Gasteiger partial charge is 0.313 e. The van der Waals surface area contributed by atoms with Crippen LogP contribution in [0.3, 0.4) is 0 Å². The first kappa shape index (κ1) is 10.9. The molecule has 0 saturated heterocycles. The highest BCUT2D eigenvalue weighted by Crippen LogP contribution is 2.18. The molecule has 1 aromatic carbocycles. The van der Waals surface area contributed by atoms with Crippen molar-refractivity contribution in [3.63, 3.8) is 0 Å². The van der Waals surface area contributed by atoms with Crippen LogP contribution in [0, 0.1) is 5.82 Å². The smallest absolute Gasteiger partial charge is 0.123 e. The van der Waals surface area contributed by atoms with Crippen LogP contribution in [-0.2, 0) is 0 Å². The summed E-state index contributed by atoms with van der Waals surface area (Å²) in [7, 11) is 1.89. The monoisotopic (exact) mass is 193 g/mol. The average molecular weight is 193 g/mol. The SMILES string of the molecule is C=CCCC(NC)c1cccc(F)c1. The van der Waals surface area contributed by atoms with Crippen molar-refractivity contribution >= 4 is 0 Å². The van der Waals surface area contributed by atoms with Gasteiger partial charge in [0, 0.05) is 6.04 Å². The third kappa shape index (κ3) is 2.96. The van der Waals surface area contributed by atoms with E-state index in [2.05, 4.69) is 11.9 Å². The van der Waals surface area contributed by atoms with E-state index in [4.69, 9.17) is 0 Å². The molecule has 0 heterocycles. The minimum absolute atomic E-state index is 0.179. The molecule has 1 aromatic rings. The van der Waals surface area contributed by atoms with Crippen LogP contribution in [0.25, 0.3) is 0 Å². The van der Waals surface area contributed by atoms with Gasteiger partial charge in [0.1, 0.15) is 5.82 Å².